The molecule has 1 aromatic heterocycles. The fraction of sp³-hybridized carbons (Fsp3) is 0.118. The lowest BCUT2D eigenvalue weighted by Gasteiger charge is -2.08. The van der Waals surface area contributed by atoms with Crippen LogP contribution in [0.2, 0.25) is 0 Å². The molecule has 0 saturated heterocycles. The van der Waals surface area contributed by atoms with E-state index in [2.05, 4.69) is 24.3 Å². The molecule has 0 N–H and O–H groups in total. The Morgan fingerprint density at radius 3 is 0.816 bits per heavy atom. The average Bonchev–Trinajstić information content (AvgIpc) is 2.92. The fourth-order valence-electron chi connectivity index (χ4n) is 4.82. The topological polar surface area (TPSA) is 51.6 Å². The van der Waals surface area contributed by atoms with Crippen LogP contribution in [0.4, 0.5) is 0 Å². The maximum absolute atomic E-state index is 5.10. The third-order valence-corrected chi connectivity index (χ3v) is 6.49. The molecule has 186 valence electrons. The minimum Gasteiger partial charge on any atom is -0.251 e. The van der Waals surface area contributed by atoms with Gasteiger partial charge in [-0.25, -0.2) is 0 Å². The molecule has 0 unspecified atom stereocenters. The van der Waals surface area contributed by atoms with Crippen molar-refractivity contribution in [2.24, 2.45) is 0 Å². The van der Waals surface area contributed by atoms with Crippen molar-refractivity contribution in [2.75, 3.05) is 0 Å². The molecule has 4 heteroatoms. The van der Waals surface area contributed by atoms with Crippen LogP contribution in [0, 0.1) is 27.7 Å². The zero-order valence-electron chi connectivity index (χ0n) is 22.2. The van der Waals surface area contributed by atoms with Crippen molar-refractivity contribution >= 4 is 22.1 Å². The predicted octanol–water partition coefficient (Wildman–Crippen LogP) is 8.39. The normalized spacial score (nSPS) is 10.6. The summed E-state index contributed by atoms with van der Waals surface area (Å²) in [7, 11) is 0. The quantitative estimate of drug-likeness (QED) is 0.247. The highest BCUT2D eigenvalue weighted by Crippen LogP contribution is 2.26. The minimum absolute atomic E-state index is 0.810. The summed E-state index contributed by atoms with van der Waals surface area (Å²) in [5, 5.41) is 0. The van der Waals surface area contributed by atoms with Gasteiger partial charge in [-0.15, -0.1) is 0 Å². The van der Waals surface area contributed by atoms with E-state index in [1.165, 1.54) is 0 Å². The van der Waals surface area contributed by atoms with Gasteiger partial charge in [0.15, 0.2) is 0 Å². The van der Waals surface area contributed by atoms with E-state index in [-0.39, 0.29) is 0 Å². The van der Waals surface area contributed by atoms with Gasteiger partial charge in [0.05, 0.1) is 22.1 Å². The van der Waals surface area contributed by atoms with Crippen LogP contribution in [0.1, 0.15) is 22.8 Å². The lowest BCUT2D eigenvalue weighted by atomic mass is 10.0. The molecule has 38 heavy (non-hydrogen) atoms. The molecule has 0 bridgehead atoms. The summed E-state index contributed by atoms with van der Waals surface area (Å²) in [6, 6.07) is 36.6. The van der Waals surface area contributed by atoms with Gasteiger partial charge in [-0.1, -0.05) is 84.9 Å². The SMILES string of the molecule is Cc1nc2ccccc2nc(C)c(-c2ccccc2)c(C)nc2ccccc2nc(C)c1-c1ccccc1. The fourth-order valence-corrected chi connectivity index (χ4v) is 4.82. The minimum atomic E-state index is 0.810. The van der Waals surface area contributed by atoms with E-state index in [0.717, 1.165) is 67.1 Å². The number of aryl methyl sites for hydroxylation is 4. The number of rotatable bonds is 2. The molecule has 4 nitrogen and oxygen atoms in total. The maximum Gasteiger partial charge on any atom is 0.0889 e. The lowest BCUT2D eigenvalue weighted by Crippen LogP contribution is -1.94. The summed E-state index contributed by atoms with van der Waals surface area (Å²) in [5.74, 6) is 0. The highest BCUT2D eigenvalue weighted by molar-refractivity contribution is 5.78. The van der Waals surface area contributed by atoms with Crippen molar-refractivity contribution in [2.45, 2.75) is 27.7 Å². The molecule has 0 atom stereocenters. The first-order valence-corrected chi connectivity index (χ1v) is 12.8. The second kappa shape index (κ2) is 11.1. The molecular formula is C34H30N4. The van der Waals surface area contributed by atoms with Gasteiger partial charge in [-0.3, -0.25) is 19.9 Å². The van der Waals surface area contributed by atoms with Crippen LogP contribution >= 0.6 is 0 Å². The molecular weight excluding hydrogens is 464 g/mol. The first-order chi connectivity index (χ1) is 18.5. The van der Waals surface area contributed by atoms with Crippen molar-refractivity contribution < 1.29 is 0 Å². The molecule has 0 aliphatic carbocycles. The Balaban J connectivity index is 2.02. The Bertz CT molecular complexity index is 1520. The van der Waals surface area contributed by atoms with Gasteiger partial charge in [0.1, 0.15) is 0 Å². The molecule has 5 rings (SSSR count). The second-order valence-corrected chi connectivity index (χ2v) is 9.25. The summed E-state index contributed by atoms with van der Waals surface area (Å²) in [6.45, 7) is 8.15. The number of fused-ring (bicyclic) bond motifs is 2. The van der Waals surface area contributed by atoms with Crippen molar-refractivity contribution in [3.05, 3.63) is 132 Å². The van der Waals surface area contributed by atoms with Crippen LogP contribution in [0.15, 0.2) is 109 Å². The molecule has 4 aromatic carbocycles. The van der Waals surface area contributed by atoms with E-state index < -0.39 is 0 Å². The molecule has 0 amide bonds. The third-order valence-electron chi connectivity index (χ3n) is 6.49. The number of para-hydroxylation sites is 4. The lowest BCUT2D eigenvalue weighted by molar-refractivity contribution is 1.17. The van der Waals surface area contributed by atoms with Gasteiger partial charge in [0, 0.05) is 33.9 Å². The highest BCUT2D eigenvalue weighted by Gasteiger charge is 2.09. The number of aromatic nitrogens is 4. The Morgan fingerprint density at radius 2 is 0.553 bits per heavy atom. The molecule has 0 saturated carbocycles. The third kappa shape index (κ3) is 5.35. The van der Waals surface area contributed by atoms with Crippen molar-refractivity contribution in [1.29, 1.82) is 0 Å². The standard InChI is InChI=1S/C34H30N4/c1-23-33(27-15-7-5-8-16-27)24(2)36-31-21-13-14-22-32(31)38-26(4)34(28-17-9-6-10-18-28)25(3)37-30-20-12-11-19-29(30)35-23/h5-22H,1-4H3. The van der Waals surface area contributed by atoms with Crippen molar-refractivity contribution in [3.63, 3.8) is 0 Å². The van der Waals surface area contributed by atoms with Crippen LogP contribution < -0.4 is 0 Å². The van der Waals surface area contributed by atoms with Gasteiger partial charge in [0.2, 0.25) is 0 Å². The molecule has 0 spiro atoms. The van der Waals surface area contributed by atoms with E-state index in [1.54, 1.807) is 0 Å². The molecule has 1 heterocycles. The van der Waals surface area contributed by atoms with Crippen LogP contribution in [0.5, 0.6) is 0 Å². The van der Waals surface area contributed by atoms with E-state index >= 15 is 0 Å². The second-order valence-electron chi connectivity index (χ2n) is 9.25. The van der Waals surface area contributed by atoms with Crippen molar-refractivity contribution in [1.82, 2.24) is 19.9 Å². The van der Waals surface area contributed by atoms with Crippen LogP contribution in [0.3, 0.4) is 0 Å². The molecule has 0 aliphatic heterocycles. The average molecular weight is 495 g/mol. The van der Waals surface area contributed by atoms with Crippen LogP contribution in [-0.2, 0) is 0 Å². The Kier molecular flexibility index (Phi) is 7.32. The van der Waals surface area contributed by atoms with E-state index in [0.29, 0.717) is 0 Å². The Hall–Kier alpha value is -4.70. The van der Waals surface area contributed by atoms with E-state index in [9.17, 15) is 0 Å². The van der Waals surface area contributed by atoms with Gasteiger partial charge in [-0.05, 0) is 63.1 Å². The number of hydrogen-bond donors (Lipinski definition) is 0. The Labute approximate surface area is 223 Å². The number of nitrogens with zero attached hydrogens (tertiary/aromatic N) is 4. The summed E-state index contributed by atoms with van der Waals surface area (Å²) in [5.41, 5.74) is 10.9. The smallest absolute Gasteiger partial charge is 0.0889 e. The van der Waals surface area contributed by atoms with Crippen LogP contribution in [-0.4, -0.2) is 19.9 Å². The molecule has 0 aliphatic rings. The summed E-state index contributed by atoms with van der Waals surface area (Å²) in [6.07, 6.45) is 0. The number of benzene rings is 4. The zero-order valence-corrected chi connectivity index (χ0v) is 22.2. The highest BCUT2D eigenvalue weighted by atomic mass is 14.8. The summed E-state index contributed by atoms with van der Waals surface area (Å²) >= 11 is 0. The van der Waals surface area contributed by atoms with E-state index in [4.69, 9.17) is 19.9 Å². The van der Waals surface area contributed by atoms with Gasteiger partial charge in [0.25, 0.3) is 0 Å². The largest absolute Gasteiger partial charge is 0.251 e. The summed E-state index contributed by atoms with van der Waals surface area (Å²) in [4.78, 5) is 20.4. The monoisotopic (exact) mass is 494 g/mol. The zero-order chi connectivity index (χ0) is 26.5. The maximum atomic E-state index is 5.10. The van der Waals surface area contributed by atoms with Crippen LogP contribution in [0.25, 0.3) is 44.3 Å². The first kappa shape index (κ1) is 25.0. The predicted molar refractivity (Wildman–Crippen MR) is 158 cm³/mol. The number of hydrogen-bond acceptors (Lipinski definition) is 4. The molecule has 0 radical (unpaired) electrons. The molecule has 5 aromatic rings. The Morgan fingerprint density at radius 1 is 0.316 bits per heavy atom. The van der Waals surface area contributed by atoms with Crippen molar-refractivity contribution in [3.8, 4) is 22.3 Å². The summed E-state index contributed by atoms with van der Waals surface area (Å²) < 4.78 is 0. The van der Waals surface area contributed by atoms with Gasteiger partial charge >= 0.3 is 0 Å². The first-order valence-electron chi connectivity index (χ1n) is 12.8. The van der Waals surface area contributed by atoms with Gasteiger partial charge in [-0.2, -0.15) is 0 Å². The van der Waals surface area contributed by atoms with E-state index in [1.807, 2.05) is 113 Å². The molecule has 0 fully saturated rings. The van der Waals surface area contributed by atoms with Gasteiger partial charge < -0.3 is 0 Å².